The van der Waals surface area contributed by atoms with Crippen LogP contribution < -0.4 is 10.0 Å². The minimum atomic E-state index is -4.18. The van der Waals surface area contributed by atoms with Crippen molar-refractivity contribution in [3.8, 4) is 17.1 Å². The molecule has 4 N–H and O–H groups in total. The highest BCUT2D eigenvalue weighted by atomic mass is 35.5. The lowest BCUT2D eigenvalue weighted by atomic mass is 10.1. The molecule has 0 saturated carbocycles. The maximum atomic E-state index is 13.4. The Bertz CT molecular complexity index is 2010. The lowest BCUT2D eigenvalue weighted by molar-refractivity contribution is -0.156. The predicted octanol–water partition coefficient (Wildman–Crippen LogP) is 6.41. The summed E-state index contributed by atoms with van der Waals surface area (Å²) >= 11 is 13.5. The number of carbonyl (C=O) groups excluding carboxylic acids is 3. The SMILES string of the molecule is CC(C)(C)OC(=O)C[C@H](NC(=O)c1ccc(CNS(=O)(=O)c2ccc(O)c(C(=O)OC(C)(C)C)c2)s1)C(O)c1ncc(-c2c(Cl)cccc2Cl)o1. The van der Waals surface area contributed by atoms with Crippen LogP contribution in [-0.4, -0.2) is 58.7 Å². The van der Waals surface area contributed by atoms with Crippen LogP contribution in [-0.2, 0) is 30.8 Å². The third kappa shape index (κ3) is 10.8. The number of amides is 1. The van der Waals surface area contributed by atoms with Crippen molar-refractivity contribution in [1.29, 1.82) is 0 Å². The highest BCUT2D eigenvalue weighted by molar-refractivity contribution is 7.89. The topological polar surface area (TPSA) is 194 Å². The van der Waals surface area contributed by atoms with Crippen LogP contribution in [0.1, 0.15) is 84.9 Å². The number of nitrogens with one attached hydrogen (secondary N) is 2. The van der Waals surface area contributed by atoms with Crippen LogP contribution in [0.15, 0.2) is 64.0 Å². The fourth-order valence-electron chi connectivity index (χ4n) is 4.51. The highest BCUT2D eigenvalue weighted by Crippen LogP contribution is 2.36. The van der Waals surface area contributed by atoms with Crippen molar-refractivity contribution in [3.05, 3.63) is 86.0 Å². The third-order valence-electron chi connectivity index (χ3n) is 6.71. The summed E-state index contributed by atoms with van der Waals surface area (Å²) in [7, 11) is -4.18. The molecule has 17 heteroatoms. The number of esters is 2. The summed E-state index contributed by atoms with van der Waals surface area (Å²) in [5, 5.41) is 24.6. The summed E-state index contributed by atoms with van der Waals surface area (Å²) in [5.41, 5.74) is -1.70. The number of phenols is 1. The Balaban J connectivity index is 1.50. The van der Waals surface area contributed by atoms with Gasteiger partial charge in [-0.05, 0) is 84.0 Å². The summed E-state index contributed by atoms with van der Waals surface area (Å²) < 4.78 is 45.0. The number of hydrogen-bond donors (Lipinski definition) is 4. The average Bonchev–Trinajstić information content (AvgIpc) is 3.68. The van der Waals surface area contributed by atoms with Crippen LogP contribution >= 0.6 is 34.5 Å². The fraction of sp³-hybridized carbons (Fsp3) is 0.353. The van der Waals surface area contributed by atoms with Gasteiger partial charge in [-0.3, -0.25) is 9.59 Å². The highest BCUT2D eigenvalue weighted by Gasteiger charge is 2.32. The molecule has 0 aliphatic carbocycles. The van der Waals surface area contributed by atoms with Crippen LogP contribution in [0.25, 0.3) is 11.3 Å². The van der Waals surface area contributed by atoms with Gasteiger partial charge in [0, 0.05) is 11.4 Å². The number of aromatic hydroxyl groups is 1. The minimum Gasteiger partial charge on any atom is -0.507 e. The first-order valence-corrected chi connectivity index (χ1v) is 18.4. The van der Waals surface area contributed by atoms with E-state index < -0.39 is 63.4 Å². The van der Waals surface area contributed by atoms with Gasteiger partial charge in [-0.25, -0.2) is 22.9 Å². The van der Waals surface area contributed by atoms with Crippen molar-refractivity contribution in [2.45, 2.75) is 82.8 Å². The van der Waals surface area contributed by atoms with E-state index in [0.717, 1.165) is 29.5 Å². The average molecular weight is 783 g/mol. The predicted molar refractivity (Wildman–Crippen MR) is 190 cm³/mol. The third-order valence-corrected chi connectivity index (χ3v) is 9.82. The molecule has 1 unspecified atom stereocenters. The second-order valence-electron chi connectivity index (χ2n) is 13.2. The van der Waals surface area contributed by atoms with Crippen LogP contribution in [0, 0.1) is 0 Å². The zero-order valence-corrected chi connectivity index (χ0v) is 31.6. The molecule has 51 heavy (non-hydrogen) atoms. The van der Waals surface area contributed by atoms with Gasteiger partial charge in [0.2, 0.25) is 15.9 Å². The van der Waals surface area contributed by atoms with E-state index in [1.54, 1.807) is 59.7 Å². The second-order valence-corrected chi connectivity index (χ2v) is 17.0. The van der Waals surface area contributed by atoms with Gasteiger partial charge in [0.05, 0.1) is 44.0 Å². The molecule has 2 atom stereocenters. The number of hydrogen-bond acceptors (Lipinski definition) is 12. The first-order valence-electron chi connectivity index (χ1n) is 15.4. The number of nitrogens with zero attached hydrogens (tertiary/aromatic N) is 1. The number of thiophene rings is 1. The number of phenolic OH excluding ortho intramolecular Hbond substituents is 1. The monoisotopic (exact) mass is 781 g/mol. The first kappa shape index (κ1) is 39.8. The number of aliphatic hydroxyl groups excluding tert-OH is 1. The first-order chi connectivity index (χ1) is 23.6. The molecule has 4 rings (SSSR count). The van der Waals surface area contributed by atoms with E-state index >= 15 is 0 Å². The molecule has 2 aromatic heterocycles. The van der Waals surface area contributed by atoms with Crippen LogP contribution in [0.3, 0.4) is 0 Å². The molecule has 2 aromatic carbocycles. The Morgan fingerprint density at radius 3 is 2.25 bits per heavy atom. The number of aliphatic hydroxyl groups is 1. The van der Waals surface area contributed by atoms with E-state index in [4.69, 9.17) is 37.1 Å². The number of halogens is 2. The van der Waals surface area contributed by atoms with E-state index in [1.165, 1.54) is 18.3 Å². The molecule has 0 saturated heterocycles. The molecule has 4 aromatic rings. The van der Waals surface area contributed by atoms with Gasteiger partial charge >= 0.3 is 11.9 Å². The van der Waals surface area contributed by atoms with Gasteiger partial charge in [0.15, 0.2) is 11.9 Å². The van der Waals surface area contributed by atoms with Gasteiger partial charge in [-0.15, -0.1) is 11.3 Å². The zero-order chi connectivity index (χ0) is 37.9. The smallest absolute Gasteiger partial charge is 0.342 e. The maximum absolute atomic E-state index is 13.4. The van der Waals surface area contributed by atoms with Crippen molar-refractivity contribution in [1.82, 2.24) is 15.0 Å². The lowest BCUT2D eigenvalue weighted by Gasteiger charge is -2.24. The number of benzene rings is 2. The Hall–Kier alpha value is -3.99. The Morgan fingerprint density at radius 2 is 1.63 bits per heavy atom. The molecule has 0 bridgehead atoms. The van der Waals surface area contributed by atoms with Crippen molar-refractivity contribution in [2.24, 2.45) is 0 Å². The molecule has 1 amide bonds. The largest absolute Gasteiger partial charge is 0.507 e. The van der Waals surface area contributed by atoms with Crippen LogP contribution in [0.2, 0.25) is 10.0 Å². The van der Waals surface area contributed by atoms with Crippen molar-refractivity contribution in [3.63, 3.8) is 0 Å². The van der Waals surface area contributed by atoms with Crippen molar-refractivity contribution >= 4 is 62.4 Å². The van der Waals surface area contributed by atoms with E-state index in [2.05, 4.69) is 15.0 Å². The Labute approximate surface area is 308 Å². The normalized spacial score (nSPS) is 13.4. The summed E-state index contributed by atoms with van der Waals surface area (Å²) in [6.45, 7) is 9.69. The number of aromatic nitrogens is 1. The van der Waals surface area contributed by atoms with E-state index in [0.29, 0.717) is 10.4 Å². The molecule has 0 aliphatic rings. The molecule has 0 fully saturated rings. The van der Waals surface area contributed by atoms with Gasteiger partial charge in [0.1, 0.15) is 22.5 Å². The fourth-order valence-corrected chi connectivity index (χ4v) is 7.07. The molecule has 274 valence electrons. The Morgan fingerprint density at radius 1 is 0.980 bits per heavy atom. The lowest BCUT2D eigenvalue weighted by Crippen LogP contribution is -2.42. The van der Waals surface area contributed by atoms with Gasteiger partial charge in [-0.2, -0.15) is 0 Å². The van der Waals surface area contributed by atoms with E-state index in [1.807, 2.05) is 0 Å². The van der Waals surface area contributed by atoms with Crippen LogP contribution in [0.5, 0.6) is 5.75 Å². The molecule has 13 nitrogen and oxygen atoms in total. The summed E-state index contributed by atoms with van der Waals surface area (Å²) in [4.78, 5) is 43.1. The van der Waals surface area contributed by atoms with Gasteiger partial charge < -0.3 is 29.4 Å². The quantitative estimate of drug-likeness (QED) is 0.116. The number of oxazole rings is 1. The van der Waals surface area contributed by atoms with E-state index in [9.17, 15) is 33.0 Å². The molecule has 0 radical (unpaired) electrons. The molecule has 0 spiro atoms. The standard InChI is InChI=1S/C34H37Cl2N3O10S2/c1-33(2,3)48-27(41)15-23(29(42)31-37-17-25(47-31)28-21(35)8-7-9-22(28)36)39-30(43)26-13-10-18(50-26)16-38-51(45,46)19-11-12-24(40)20(14-19)32(44)49-34(4,5)6/h7-14,17,23,29,38,40,42H,15-16H2,1-6H3,(H,39,43)/t23-,29?/m0/s1. The van der Waals surface area contributed by atoms with Gasteiger partial charge in [0.25, 0.3) is 5.91 Å². The Kier molecular flexibility index (Phi) is 12.3. The van der Waals surface area contributed by atoms with E-state index in [-0.39, 0.29) is 43.6 Å². The number of carbonyl (C=O) groups is 3. The van der Waals surface area contributed by atoms with Gasteiger partial charge in [-0.1, -0.05) is 29.3 Å². The summed E-state index contributed by atoms with van der Waals surface area (Å²) in [6.07, 6.45) is -0.759. The van der Waals surface area contributed by atoms with Crippen molar-refractivity contribution in [2.75, 3.05) is 0 Å². The number of rotatable bonds is 12. The van der Waals surface area contributed by atoms with Crippen molar-refractivity contribution < 1.29 is 46.9 Å². The number of sulfonamides is 1. The summed E-state index contributed by atoms with van der Waals surface area (Å²) in [6, 6.07) is 9.78. The summed E-state index contributed by atoms with van der Waals surface area (Å²) in [5.74, 6) is -2.79. The minimum absolute atomic E-state index is 0.137. The molecule has 2 heterocycles. The second kappa shape index (κ2) is 15.7. The molecular weight excluding hydrogens is 745 g/mol. The molecule has 0 aliphatic heterocycles. The molecular formula is C34H37Cl2N3O10S2. The number of ether oxygens (including phenoxy) is 2. The van der Waals surface area contributed by atoms with Crippen LogP contribution in [0.4, 0.5) is 0 Å². The maximum Gasteiger partial charge on any atom is 0.342 e. The zero-order valence-electron chi connectivity index (χ0n) is 28.4.